The summed E-state index contributed by atoms with van der Waals surface area (Å²) < 4.78 is 52.7. The SMILES string of the molecule is C[C@H](CO)N1C[C@H](C)[C@@H](CN(C)S(=O)(=O)c2cn(C)cn2)OCCCC[C@H](C)Oc2ccc(NC(=O)Nc3ccc4c(c3)OCO4)cc2C1=O. The van der Waals surface area contributed by atoms with Crippen molar-refractivity contribution in [2.45, 2.75) is 63.3 Å². The molecule has 0 saturated carbocycles. The largest absolute Gasteiger partial charge is 0.490 e. The van der Waals surface area contributed by atoms with Gasteiger partial charge in [0.25, 0.3) is 15.9 Å². The highest BCUT2D eigenvalue weighted by Crippen LogP contribution is 2.34. The Morgan fingerprint density at radius 3 is 2.48 bits per heavy atom. The van der Waals surface area contributed by atoms with Gasteiger partial charge in [0.2, 0.25) is 6.79 Å². The topological polar surface area (TPSA) is 174 Å². The van der Waals surface area contributed by atoms with Crippen molar-refractivity contribution in [3.05, 3.63) is 54.5 Å². The maximum absolute atomic E-state index is 14.4. The van der Waals surface area contributed by atoms with Gasteiger partial charge in [-0.15, -0.1) is 0 Å². The number of nitrogens with zero attached hydrogens (tertiary/aromatic N) is 4. The van der Waals surface area contributed by atoms with E-state index >= 15 is 0 Å². The lowest BCUT2D eigenvalue weighted by atomic mass is 10.0. The fourth-order valence-corrected chi connectivity index (χ4v) is 6.91. The monoisotopic (exact) mass is 714 g/mol. The van der Waals surface area contributed by atoms with Crippen LogP contribution in [0, 0.1) is 5.92 Å². The van der Waals surface area contributed by atoms with Crippen molar-refractivity contribution >= 4 is 33.3 Å². The van der Waals surface area contributed by atoms with Crippen LogP contribution in [-0.4, -0.2) is 103 Å². The fourth-order valence-electron chi connectivity index (χ4n) is 5.76. The lowest BCUT2D eigenvalue weighted by molar-refractivity contribution is -0.00835. The normalized spacial score (nSPS) is 20.8. The Morgan fingerprint density at radius 1 is 1.08 bits per heavy atom. The predicted octanol–water partition coefficient (Wildman–Crippen LogP) is 3.91. The number of urea groups is 1. The Hall–Kier alpha value is -4.38. The molecule has 3 heterocycles. The van der Waals surface area contributed by atoms with Gasteiger partial charge in [-0.2, -0.15) is 4.31 Å². The zero-order chi connectivity index (χ0) is 36.0. The number of aliphatic hydroxyl groups is 1. The number of anilines is 2. The number of nitrogens with one attached hydrogen (secondary N) is 2. The van der Waals surface area contributed by atoms with E-state index in [4.69, 9.17) is 18.9 Å². The van der Waals surface area contributed by atoms with Crippen molar-refractivity contribution in [2.75, 3.05) is 50.8 Å². The van der Waals surface area contributed by atoms with E-state index in [0.29, 0.717) is 41.7 Å². The number of carbonyl (C=O) groups is 2. The molecular weight excluding hydrogens is 668 g/mol. The van der Waals surface area contributed by atoms with Crippen LogP contribution in [0.2, 0.25) is 0 Å². The van der Waals surface area contributed by atoms with Gasteiger partial charge in [-0.25, -0.2) is 18.2 Å². The molecule has 0 spiro atoms. The average Bonchev–Trinajstić information content (AvgIpc) is 3.75. The zero-order valence-corrected chi connectivity index (χ0v) is 29.8. The van der Waals surface area contributed by atoms with Gasteiger partial charge < -0.3 is 44.2 Å². The van der Waals surface area contributed by atoms with Crippen molar-refractivity contribution in [1.29, 1.82) is 0 Å². The first kappa shape index (κ1) is 36.9. The molecule has 2 aliphatic heterocycles. The van der Waals surface area contributed by atoms with Crippen LogP contribution in [0.4, 0.5) is 16.2 Å². The third-order valence-corrected chi connectivity index (χ3v) is 10.4. The van der Waals surface area contributed by atoms with Gasteiger partial charge in [0.15, 0.2) is 16.5 Å². The van der Waals surface area contributed by atoms with E-state index < -0.39 is 34.1 Å². The van der Waals surface area contributed by atoms with E-state index in [0.717, 1.165) is 12.8 Å². The lowest BCUT2D eigenvalue weighted by Crippen LogP contribution is -2.48. The van der Waals surface area contributed by atoms with Crippen molar-refractivity contribution < 1.29 is 42.1 Å². The number of benzene rings is 2. The quantitative estimate of drug-likeness (QED) is 0.311. The molecule has 2 aromatic carbocycles. The first-order valence-electron chi connectivity index (χ1n) is 16.6. The van der Waals surface area contributed by atoms with Gasteiger partial charge in [-0.3, -0.25) is 4.79 Å². The molecular formula is C34H46N6O9S. The van der Waals surface area contributed by atoms with Crippen LogP contribution < -0.4 is 24.8 Å². The fraction of sp³-hybridized carbons (Fsp3) is 0.500. The predicted molar refractivity (Wildman–Crippen MR) is 185 cm³/mol. The molecule has 3 aromatic rings. The highest BCUT2D eigenvalue weighted by Gasteiger charge is 2.33. The molecule has 0 aliphatic carbocycles. The minimum atomic E-state index is -3.90. The molecule has 0 saturated heterocycles. The highest BCUT2D eigenvalue weighted by molar-refractivity contribution is 7.89. The third kappa shape index (κ3) is 8.85. The highest BCUT2D eigenvalue weighted by atomic mass is 32.2. The van der Waals surface area contributed by atoms with E-state index in [1.165, 1.54) is 28.8 Å². The van der Waals surface area contributed by atoms with Gasteiger partial charge in [0.05, 0.1) is 36.7 Å². The smallest absolute Gasteiger partial charge is 0.323 e. The number of aliphatic hydroxyl groups excluding tert-OH is 1. The standard InChI is InChI=1S/C34H46N6O9S/c1-22-16-40(23(2)19-41)33(42)27-14-25(36-34(43)37-26-10-12-29-30(15-26)48-21-47-29)9-11-28(27)49-24(3)8-6-7-13-46-31(22)17-39(5)50(44,45)32-18-38(4)20-35-32/h9-12,14-15,18,20,22-24,31,41H,6-8,13,16-17,19,21H2,1-5H3,(H2,36,37,43)/t22-,23+,24-,31+/m0/s1. The first-order chi connectivity index (χ1) is 23.8. The van der Waals surface area contributed by atoms with E-state index in [9.17, 15) is 23.1 Å². The molecule has 0 unspecified atom stereocenters. The number of aryl methyl sites for hydroxylation is 1. The molecule has 15 nitrogen and oxygen atoms in total. The molecule has 2 aliphatic rings. The Labute approximate surface area is 292 Å². The van der Waals surface area contributed by atoms with Gasteiger partial charge >= 0.3 is 6.03 Å². The third-order valence-electron chi connectivity index (χ3n) is 8.73. The first-order valence-corrected chi connectivity index (χ1v) is 18.1. The summed E-state index contributed by atoms with van der Waals surface area (Å²) in [5, 5.41) is 15.7. The maximum atomic E-state index is 14.4. The van der Waals surface area contributed by atoms with E-state index in [-0.39, 0.29) is 49.1 Å². The summed E-state index contributed by atoms with van der Waals surface area (Å²) in [5.41, 5.74) is 1.04. The summed E-state index contributed by atoms with van der Waals surface area (Å²) in [6.45, 7) is 5.88. The van der Waals surface area contributed by atoms with Crippen molar-refractivity contribution in [3.8, 4) is 17.2 Å². The molecule has 1 aromatic heterocycles. The van der Waals surface area contributed by atoms with E-state index in [1.807, 2.05) is 13.8 Å². The second-order valence-electron chi connectivity index (χ2n) is 12.8. The number of likely N-dealkylation sites (N-methyl/N-ethyl adjacent to an activating group) is 1. The molecule has 272 valence electrons. The number of amides is 3. The number of fused-ring (bicyclic) bond motifs is 2. The number of carbonyl (C=O) groups excluding carboxylic acids is 2. The van der Waals surface area contributed by atoms with Gasteiger partial charge in [0.1, 0.15) is 5.75 Å². The molecule has 0 radical (unpaired) electrons. The van der Waals surface area contributed by atoms with Crippen LogP contribution in [0.15, 0.2) is 53.9 Å². The molecule has 3 amide bonds. The molecule has 0 bridgehead atoms. The van der Waals surface area contributed by atoms with Gasteiger partial charge in [-0.05, 0) is 63.4 Å². The molecule has 16 heteroatoms. The molecule has 50 heavy (non-hydrogen) atoms. The van der Waals surface area contributed by atoms with Crippen LogP contribution in [-0.2, 0) is 21.8 Å². The molecule has 5 rings (SSSR count). The summed E-state index contributed by atoms with van der Waals surface area (Å²) in [6, 6.07) is 8.76. The van der Waals surface area contributed by atoms with Crippen molar-refractivity contribution in [1.82, 2.24) is 18.8 Å². The van der Waals surface area contributed by atoms with E-state index in [1.54, 1.807) is 54.9 Å². The minimum Gasteiger partial charge on any atom is -0.490 e. The van der Waals surface area contributed by atoms with Crippen LogP contribution in [0.3, 0.4) is 0 Å². The summed E-state index contributed by atoms with van der Waals surface area (Å²) in [4.78, 5) is 32.9. The lowest BCUT2D eigenvalue weighted by Gasteiger charge is -2.35. The Bertz CT molecular complexity index is 1770. The average molecular weight is 715 g/mol. The van der Waals surface area contributed by atoms with Crippen molar-refractivity contribution in [2.24, 2.45) is 13.0 Å². The maximum Gasteiger partial charge on any atom is 0.323 e. The number of sulfonamides is 1. The van der Waals surface area contributed by atoms with Gasteiger partial charge in [0, 0.05) is 63.3 Å². The number of hydrogen-bond acceptors (Lipinski definition) is 10. The van der Waals surface area contributed by atoms with E-state index in [2.05, 4.69) is 15.6 Å². The second kappa shape index (κ2) is 16.1. The Morgan fingerprint density at radius 2 is 1.78 bits per heavy atom. The summed E-state index contributed by atoms with van der Waals surface area (Å²) >= 11 is 0. The summed E-state index contributed by atoms with van der Waals surface area (Å²) in [7, 11) is -0.720. The number of rotatable bonds is 8. The van der Waals surface area contributed by atoms with Crippen molar-refractivity contribution in [3.63, 3.8) is 0 Å². The Balaban J connectivity index is 1.39. The zero-order valence-electron chi connectivity index (χ0n) is 29.0. The minimum absolute atomic E-state index is 0.0261. The van der Waals surface area contributed by atoms with Crippen LogP contribution in [0.1, 0.15) is 50.4 Å². The number of ether oxygens (including phenoxy) is 4. The summed E-state index contributed by atoms with van der Waals surface area (Å²) in [6.07, 6.45) is 4.22. The second-order valence-corrected chi connectivity index (χ2v) is 14.8. The van der Waals surface area contributed by atoms with Crippen LogP contribution in [0.25, 0.3) is 0 Å². The number of imidazole rings is 1. The van der Waals surface area contributed by atoms with Crippen LogP contribution >= 0.6 is 0 Å². The molecule has 4 atom stereocenters. The number of hydrogen-bond donors (Lipinski definition) is 3. The summed E-state index contributed by atoms with van der Waals surface area (Å²) in [5.74, 6) is 0.677. The van der Waals surface area contributed by atoms with Crippen LogP contribution in [0.5, 0.6) is 17.2 Å². The molecule has 3 N–H and O–H groups in total. The Kier molecular flexibility index (Phi) is 11.9. The van der Waals surface area contributed by atoms with Gasteiger partial charge in [-0.1, -0.05) is 6.92 Å². The molecule has 0 fully saturated rings. The number of aromatic nitrogens is 2.